The van der Waals surface area contributed by atoms with E-state index < -0.39 is 5.92 Å². The van der Waals surface area contributed by atoms with Gasteiger partial charge in [0.1, 0.15) is 5.58 Å². The summed E-state index contributed by atoms with van der Waals surface area (Å²) < 4.78 is 33.1. The molecule has 2 fully saturated rings. The number of fused-ring (bicyclic) bond motifs is 2. The summed E-state index contributed by atoms with van der Waals surface area (Å²) in [6, 6.07) is 15.0. The Balaban J connectivity index is 1.43. The Morgan fingerprint density at radius 1 is 0.812 bits per heavy atom. The molecule has 0 bridgehead atoms. The first kappa shape index (κ1) is 19.9. The van der Waals surface area contributed by atoms with Gasteiger partial charge >= 0.3 is 0 Å². The van der Waals surface area contributed by atoms with Crippen molar-refractivity contribution in [3.05, 3.63) is 66.1 Å². The van der Waals surface area contributed by atoms with Crippen LogP contribution in [-0.2, 0) is 0 Å². The molecule has 2 heterocycles. The van der Waals surface area contributed by atoms with E-state index in [9.17, 15) is 8.78 Å². The first-order valence-electron chi connectivity index (χ1n) is 11.9. The van der Waals surface area contributed by atoms with Crippen molar-refractivity contribution in [2.75, 3.05) is 0 Å². The largest absolute Gasteiger partial charge is 0.464 e. The Kier molecular flexibility index (Phi) is 4.78. The summed E-state index contributed by atoms with van der Waals surface area (Å²) in [6.45, 7) is 0. The Labute approximate surface area is 186 Å². The molecule has 0 radical (unpaired) electrons. The number of alkyl halides is 2. The van der Waals surface area contributed by atoms with E-state index in [1.54, 1.807) is 6.26 Å². The molecule has 0 amide bonds. The molecular formula is C28H27F2NO. The minimum Gasteiger partial charge on any atom is -0.464 e. The van der Waals surface area contributed by atoms with Crippen LogP contribution in [0.5, 0.6) is 0 Å². The Morgan fingerprint density at radius 3 is 2.38 bits per heavy atom. The molecule has 0 saturated heterocycles. The number of benzene rings is 2. The summed E-state index contributed by atoms with van der Waals surface area (Å²) in [5, 5.41) is 3.32. The lowest BCUT2D eigenvalue weighted by molar-refractivity contribution is -0.0382. The Hall–Kier alpha value is -2.75. The Morgan fingerprint density at radius 2 is 1.56 bits per heavy atom. The van der Waals surface area contributed by atoms with Crippen LogP contribution in [-0.4, -0.2) is 10.9 Å². The molecule has 0 aliphatic heterocycles. The minimum absolute atomic E-state index is 0.0122. The van der Waals surface area contributed by atoms with Crippen molar-refractivity contribution in [2.24, 2.45) is 0 Å². The van der Waals surface area contributed by atoms with E-state index >= 15 is 0 Å². The highest BCUT2D eigenvalue weighted by Gasteiger charge is 2.35. The van der Waals surface area contributed by atoms with Gasteiger partial charge in [0.2, 0.25) is 5.92 Å². The standard InChI is InChI=1S/C28H27F2NO/c29-28(30)11-7-19(8-12-28)20-5-6-24-21(15-20)9-13-31-26(24)25-17-23(18-3-1-2-4-18)16-22-10-14-32-27(22)25/h5-6,9-10,13-19H,1-4,7-8,11-12H2. The van der Waals surface area contributed by atoms with Gasteiger partial charge in [-0.25, -0.2) is 8.78 Å². The molecule has 2 aromatic heterocycles. The molecular weight excluding hydrogens is 404 g/mol. The smallest absolute Gasteiger partial charge is 0.248 e. The molecule has 0 unspecified atom stereocenters. The van der Waals surface area contributed by atoms with Crippen LogP contribution in [0.2, 0.25) is 0 Å². The lowest BCUT2D eigenvalue weighted by Gasteiger charge is -2.28. The third-order valence-electron chi connectivity index (χ3n) is 7.63. The maximum Gasteiger partial charge on any atom is 0.248 e. The van der Waals surface area contributed by atoms with E-state index in [0.29, 0.717) is 18.8 Å². The number of hydrogen-bond acceptors (Lipinski definition) is 2. The second-order valence-corrected chi connectivity index (χ2v) is 9.66. The zero-order valence-electron chi connectivity index (χ0n) is 18.1. The molecule has 0 atom stereocenters. The van der Waals surface area contributed by atoms with Crippen LogP contribution in [0, 0.1) is 0 Å². The third-order valence-corrected chi connectivity index (χ3v) is 7.63. The molecule has 164 valence electrons. The highest BCUT2D eigenvalue weighted by molar-refractivity contribution is 6.02. The zero-order valence-corrected chi connectivity index (χ0v) is 18.1. The molecule has 2 saturated carbocycles. The van der Waals surface area contributed by atoms with Gasteiger partial charge in [0.15, 0.2) is 0 Å². The average molecular weight is 432 g/mol. The summed E-state index contributed by atoms with van der Waals surface area (Å²) in [6.07, 6.45) is 9.77. The first-order chi connectivity index (χ1) is 15.6. The highest BCUT2D eigenvalue weighted by atomic mass is 19.3. The van der Waals surface area contributed by atoms with Crippen molar-refractivity contribution >= 4 is 21.7 Å². The number of nitrogens with zero attached hydrogens (tertiary/aromatic N) is 1. The van der Waals surface area contributed by atoms with Gasteiger partial charge in [-0.1, -0.05) is 31.0 Å². The summed E-state index contributed by atoms with van der Waals surface area (Å²) in [5.41, 5.74) is 5.40. The summed E-state index contributed by atoms with van der Waals surface area (Å²) in [7, 11) is 0. The zero-order chi connectivity index (χ0) is 21.7. The van der Waals surface area contributed by atoms with E-state index in [0.717, 1.165) is 38.6 Å². The molecule has 2 aromatic carbocycles. The lowest BCUT2D eigenvalue weighted by Crippen LogP contribution is -2.23. The molecule has 2 aliphatic rings. The van der Waals surface area contributed by atoms with E-state index in [1.807, 2.05) is 18.3 Å². The fourth-order valence-electron chi connectivity index (χ4n) is 5.81. The molecule has 32 heavy (non-hydrogen) atoms. The topological polar surface area (TPSA) is 26.0 Å². The molecule has 2 aliphatic carbocycles. The summed E-state index contributed by atoms with van der Waals surface area (Å²) >= 11 is 0. The monoisotopic (exact) mass is 431 g/mol. The number of pyridine rings is 1. The molecule has 6 rings (SSSR count). The minimum atomic E-state index is -2.50. The van der Waals surface area contributed by atoms with Crippen LogP contribution in [0.15, 0.2) is 59.3 Å². The van der Waals surface area contributed by atoms with Gasteiger partial charge in [-0.15, -0.1) is 0 Å². The van der Waals surface area contributed by atoms with Gasteiger partial charge in [-0.05, 0) is 78.3 Å². The maximum atomic E-state index is 13.6. The van der Waals surface area contributed by atoms with Crippen molar-refractivity contribution < 1.29 is 13.2 Å². The number of aromatic nitrogens is 1. The van der Waals surface area contributed by atoms with Crippen molar-refractivity contribution in [1.82, 2.24) is 4.98 Å². The molecule has 2 nitrogen and oxygen atoms in total. The fraction of sp³-hybridized carbons (Fsp3) is 0.393. The normalized spacial score (nSPS) is 19.8. The van der Waals surface area contributed by atoms with Crippen LogP contribution >= 0.6 is 0 Å². The van der Waals surface area contributed by atoms with Gasteiger partial charge in [0, 0.05) is 35.4 Å². The van der Waals surface area contributed by atoms with Crippen LogP contribution in [0.4, 0.5) is 8.78 Å². The number of furan rings is 1. The molecule has 0 spiro atoms. The number of halogens is 2. The average Bonchev–Trinajstić information content (AvgIpc) is 3.50. The van der Waals surface area contributed by atoms with Crippen LogP contribution in [0.25, 0.3) is 33.0 Å². The van der Waals surface area contributed by atoms with Crippen LogP contribution in [0.3, 0.4) is 0 Å². The maximum absolute atomic E-state index is 13.6. The van der Waals surface area contributed by atoms with Crippen molar-refractivity contribution in [3.63, 3.8) is 0 Å². The van der Waals surface area contributed by atoms with Crippen molar-refractivity contribution in [2.45, 2.75) is 69.1 Å². The van der Waals surface area contributed by atoms with Gasteiger partial charge in [0.05, 0.1) is 12.0 Å². The fourth-order valence-corrected chi connectivity index (χ4v) is 5.81. The number of hydrogen-bond donors (Lipinski definition) is 0. The molecule has 4 heteroatoms. The van der Waals surface area contributed by atoms with Gasteiger partial charge in [-0.2, -0.15) is 0 Å². The van der Waals surface area contributed by atoms with E-state index in [-0.39, 0.29) is 18.8 Å². The third kappa shape index (κ3) is 3.50. The van der Waals surface area contributed by atoms with Gasteiger partial charge < -0.3 is 4.42 Å². The van der Waals surface area contributed by atoms with Crippen LogP contribution in [0.1, 0.15) is 74.3 Å². The van der Waals surface area contributed by atoms with Crippen LogP contribution < -0.4 is 0 Å². The van der Waals surface area contributed by atoms with E-state index in [1.165, 1.54) is 31.2 Å². The predicted molar refractivity (Wildman–Crippen MR) is 124 cm³/mol. The molecule has 0 N–H and O–H groups in total. The second-order valence-electron chi connectivity index (χ2n) is 9.66. The van der Waals surface area contributed by atoms with Crippen molar-refractivity contribution in [1.29, 1.82) is 0 Å². The predicted octanol–water partition coefficient (Wildman–Crippen LogP) is 8.60. The quantitative estimate of drug-likeness (QED) is 0.324. The lowest BCUT2D eigenvalue weighted by atomic mass is 9.81. The highest BCUT2D eigenvalue weighted by Crippen LogP contribution is 2.43. The summed E-state index contributed by atoms with van der Waals surface area (Å²) in [5.74, 6) is -1.68. The SMILES string of the molecule is FC1(F)CCC(c2ccc3c(-c4cc(C5CCCC5)cc5ccoc45)nccc3c2)CC1. The van der Waals surface area contributed by atoms with E-state index in [4.69, 9.17) is 9.40 Å². The van der Waals surface area contributed by atoms with Gasteiger partial charge in [-0.3, -0.25) is 4.98 Å². The summed E-state index contributed by atoms with van der Waals surface area (Å²) in [4.78, 5) is 4.78. The van der Waals surface area contributed by atoms with Crippen molar-refractivity contribution in [3.8, 4) is 11.3 Å². The Bertz CT molecular complexity index is 1280. The molecule has 4 aromatic rings. The number of rotatable bonds is 3. The second kappa shape index (κ2) is 7.68. The first-order valence-corrected chi connectivity index (χ1v) is 11.9. The van der Waals surface area contributed by atoms with E-state index in [2.05, 4.69) is 30.3 Å². The van der Waals surface area contributed by atoms with Gasteiger partial charge in [0.25, 0.3) is 0 Å².